The van der Waals surface area contributed by atoms with E-state index in [1.165, 1.54) is 24.8 Å². The van der Waals surface area contributed by atoms with Crippen LogP contribution >= 0.6 is 0 Å². The second-order valence-corrected chi connectivity index (χ2v) is 13.9. The fourth-order valence-corrected chi connectivity index (χ4v) is 8.13. The molecule has 8 heteroatoms. The normalized spacial score (nSPS) is 25.5. The topological polar surface area (TPSA) is 77.3 Å². The molecule has 3 saturated carbocycles. The summed E-state index contributed by atoms with van der Waals surface area (Å²) < 4.78 is 20.3. The first-order valence-corrected chi connectivity index (χ1v) is 16.3. The number of imidazole rings is 1. The van der Waals surface area contributed by atoms with Crippen molar-refractivity contribution in [3.8, 4) is 17.1 Å². The molecule has 8 rings (SSSR count). The highest BCUT2D eigenvalue weighted by Crippen LogP contribution is 2.60. The Morgan fingerprint density at radius 3 is 2.75 bits per heavy atom. The zero-order valence-corrected chi connectivity index (χ0v) is 23.8. The van der Waals surface area contributed by atoms with Gasteiger partial charge in [0.1, 0.15) is 17.1 Å². The minimum Gasteiger partial charge on any atom is -0.494 e. The SMILES string of the molecule is COc1cc(C(=O)N2C[C@H]3CC4C[C@@H]2[C@H]43)cc2nc(-c3cc4cccnc4cc3CC3CC3)n(CCS(C)=O)c12. The number of amides is 1. The van der Waals surface area contributed by atoms with Gasteiger partial charge in [-0.1, -0.05) is 6.07 Å². The fraction of sp³-hybridized carbons (Fsp3) is 0.469. The van der Waals surface area contributed by atoms with E-state index < -0.39 is 10.8 Å². The monoisotopic (exact) mass is 554 g/mol. The maximum Gasteiger partial charge on any atom is 0.254 e. The zero-order valence-electron chi connectivity index (χ0n) is 23.0. The van der Waals surface area contributed by atoms with Crippen LogP contribution in [0.2, 0.25) is 0 Å². The lowest BCUT2D eigenvalue weighted by Gasteiger charge is -2.52. The maximum atomic E-state index is 13.8. The van der Waals surface area contributed by atoms with E-state index in [-0.39, 0.29) is 5.91 Å². The summed E-state index contributed by atoms with van der Waals surface area (Å²) in [5.41, 5.74) is 5.56. The second-order valence-electron chi connectivity index (χ2n) is 12.4. The number of hydrogen-bond acceptors (Lipinski definition) is 5. The molecule has 5 atom stereocenters. The second kappa shape index (κ2) is 9.13. The number of rotatable bonds is 8. The molecule has 7 nitrogen and oxygen atoms in total. The van der Waals surface area contributed by atoms with Gasteiger partial charge >= 0.3 is 0 Å². The molecule has 1 amide bonds. The van der Waals surface area contributed by atoms with Gasteiger partial charge in [0, 0.05) is 64.6 Å². The van der Waals surface area contributed by atoms with Gasteiger partial charge in [0.15, 0.2) is 0 Å². The summed E-state index contributed by atoms with van der Waals surface area (Å²) in [5, 5.41) is 1.07. The molecule has 3 heterocycles. The molecule has 2 aromatic heterocycles. The van der Waals surface area contributed by atoms with Crippen LogP contribution in [-0.4, -0.2) is 61.3 Å². The van der Waals surface area contributed by atoms with Crippen LogP contribution in [0.4, 0.5) is 0 Å². The number of aromatic nitrogens is 3. The summed E-state index contributed by atoms with van der Waals surface area (Å²) in [6, 6.07) is 12.7. The molecule has 1 saturated heterocycles. The van der Waals surface area contributed by atoms with Crippen molar-refractivity contribution in [3.63, 3.8) is 0 Å². The lowest BCUT2D eigenvalue weighted by Crippen LogP contribution is -2.53. The number of likely N-dealkylation sites (tertiary alicyclic amines) is 1. The lowest BCUT2D eigenvalue weighted by atomic mass is 9.53. The van der Waals surface area contributed by atoms with Gasteiger partial charge in [-0.2, -0.15) is 0 Å². The Kier molecular flexibility index (Phi) is 5.60. The maximum absolute atomic E-state index is 13.8. The molecule has 2 aromatic carbocycles. The van der Waals surface area contributed by atoms with Gasteiger partial charge in [-0.3, -0.25) is 14.0 Å². The number of hydrogen-bond donors (Lipinski definition) is 0. The average Bonchev–Trinajstić information content (AvgIpc) is 3.68. The van der Waals surface area contributed by atoms with E-state index in [1.54, 1.807) is 13.4 Å². The van der Waals surface area contributed by atoms with Gasteiger partial charge in [-0.15, -0.1) is 0 Å². The Bertz CT molecular complexity index is 1710. The molecule has 4 aromatic rings. The van der Waals surface area contributed by atoms with Crippen LogP contribution in [0.15, 0.2) is 42.6 Å². The van der Waals surface area contributed by atoms with E-state index in [1.807, 2.05) is 24.4 Å². The van der Waals surface area contributed by atoms with Gasteiger partial charge < -0.3 is 14.2 Å². The van der Waals surface area contributed by atoms with E-state index in [4.69, 9.17) is 9.72 Å². The van der Waals surface area contributed by atoms with Crippen molar-refractivity contribution in [3.05, 3.63) is 53.7 Å². The van der Waals surface area contributed by atoms with Crippen LogP contribution in [0.5, 0.6) is 5.75 Å². The van der Waals surface area contributed by atoms with Crippen molar-refractivity contribution in [2.45, 2.75) is 44.7 Å². The number of carbonyl (C=O) groups is 1. The first-order valence-electron chi connectivity index (χ1n) is 14.6. The quantitative estimate of drug-likeness (QED) is 0.304. The number of fused-ring (bicyclic) bond motifs is 2. The highest BCUT2D eigenvalue weighted by molar-refractivity contribution is 7.84. The molecule has 0 N–H and O–H groups in total. The molecule has 40 heavy (non-hydrogen) atoms. The molecule has 2 unspecified atom stereocenters. The Hall–Kier alpha value is -3.26. The number of aryl methyl sites for hydroxylation is 1. The number of methoxy groups -OCH3 is 1. The molecule has 4 fully saturated rings. The fourth-order valence-electron chi connectivity index (χ4n) is 7.69. The summed E-state index contributed by atoms with van der Waals surface area (Å²) in [6.45, 7) is 1.42. The van der Waals surface area contributed by atoms with Gasteiger partial charge in [-0.05, 0) is 91.7 Å². The molecule has 0 radical (unpaired) electrons. The van der Waals surface area contributed by atoms with Crippen molar-refractivity contribution in [2.75, 3.05) is 25.7 Å². The zero-order chi connectivity index (χ0) is 27.1. The third-order valence-corrected chi connectivity index (χ3v) is 10.7. The number of ether oxygens (including phenoxy) is 1. The van der Waals surface area contributed by atoms with Crippen molar-refractivity contribution in [2.24, 2.45) is 23.7 Å². The summed E-state index contributed by atoms with van der Waals surface area (Å²) in [5.74, 6) is 5.03. The molecule has 3 aliphatic carbocycles. The molecule has 0 bridgehead atoms. The molecular formula is C32H34N4O3S. The molecule has 0 spiro atoms. The number of nitrogens with zero attached hydrogens (tertiary/aromatic N) is 4. The minimum atomic E-state index is -0.967. The van der Waals surface area contributed by atoms with Crippen LogP contribution in [0.1, 0.15) is 41.6 Å². The predicted octanol–water partition coefficient (Wildman–Crippen LogP) is 5.07. The summed E-state index contributed by atoms with van der Waals surface area (Å²) in [4.78, 5) is 25.7. The standard InChI is InChI=1S/C32H34N4O3S/c1-39-28-16-22(32(37)36-17-23-11-21-15-27(36)29(21)23)14-26-30(28)35(8-9-40(2)38)31(34-26)24-12-19-4-3-7-33-25(19)13-20(24)10-18-5-6-18/h3-4,7,12-14,16,18,21,23,27,29H,5-6,8-11,15,17H2,1-2H3/t21?,23-,27-,29-,40?/m1/s1. The Labute approximate surface area is 236 Å². The lowest BCUT2D eigenvalue weighted by molar-refractivity contribution is -0.0204. The average molecular weight is 555 g/mol. The third kappa shape index (κ3) is 3.82. The summed E-state index contributed by atoms with van der Waals surface area (Å²) in [6.07, 6.45) is 9.51. The largest absolute Gasteiger partial charge is 0.494 e. The van der Waals surface area contributed by atoms with Crippen LogP contribution in [0.3, 0.4) is 0 Å². The Morgan fingerprint density at radius 2 is 2.00 bits per heavy atom. The molecule has 4 aliphatic rings. The number of benzene rings is 2. The van der Waals surface area contributed by atoms with Crippen LogP contribution in [0, 0.1) is 23.7 Å². The van der Waals surface area contributed by atoms with Gasteiger partial charge in [-0.25, -0.2) is 4.98 Å². The smallest absolute Gasteiger partial charge is 0.254 e. The van der Waals surface area contributed by atoms with Crippen LogP contribution in [-0.2, 0) is 23.8 Å². The first-order chi connectivity index (χ1) is 19.5. The molecule has 1 aliphatic heterocycles. The van der Waals surface area contributed by atoms with Crippen molar-refractivity contribution in [1.82, 2.24) is 19.4 Å². The van der Waals surface area contributed by atoms with E-state index in [2.05, 4.69) is 32.7 Å². The van der Waals surface area contributed by atoms with Crippen molar-refractivity contribution in [1.29, 1.82) is 0 Å². The first kappa shape index (κ1) is 24.5. The van der Waals surface area contributed by atoms with E-state index >= 15 is 0 Å². The highest BCUT2D eigenvalue weighted by atomic mass is 32.2. The Morgan fingerprint density at radius 1 is 1.12 bits per heavy atom. The van der Waals surface area contributed by atoms with Crippen molar-refractivity contribution < 1.29 is 13.7 Å². The van der Waals surface area contributed by atoms with Crippen molar-refractivity contribution >= 4 is 38.6 Å². The summed E-state index contributed by atoms with van der Waals surface area (Å²) >= 11 is 0. The van der Waals surface area contributed by atoms with E-state index in [9.17, 15) is 9.00 Å². The number of pyridine rings is 1. The Balaban J connectivity index is 1.28. The third-order valence-electron chi connectivity index (χ3n) is 9.93. The van der Waals surface area contributed by atoms with E-state index in [0.717, 1.165) is 64.5 Å². The minimum absolute atomic E-state index is 0.0926. The van der Waals surface area contributed by atoms with Gasteiger partial charge in [0.25, 0.3) is 5.91 Å². The highest BCUT2D eigenvalue weighted by Gasteiger charge is 2.61. The predicted molar refractivity (Wildman–Crippen MR) is 157 cm³/mol. The number of carbonyl (C=O) groups excluding carboxylic acids is 1. The van der Waals surface area contributed by atoms with Gasteiger partial charge in [0.2, 0.25) is 0 Å². The van der Waals surface area contributed by atoms with Crippen LogP contribution < -0.4 is 4.74 Å². The van der Waals surface area contributed by atoms with E-state index in [0.29, 0.717) is 41.5 Å². The van der Waals surface area contributed by atoms with Gasteiger partial charge in [0.05, 0.1) is 18.1 Å². The molecular weight excluding hydrogens is 520 g/mol. The van der Waals surface area contributed by atoms with Crippen LogP contribution in [0.25, 0.3) is 33.3 Å². The summed E-state index contributed by atoms with van der Waals surface area (Å²) in [7, 11) is 0.690. The molecule has 206 valence electrons.